The van der Waals surface area contributed by atoms with Gasteiger partial charge in [-0.2, -0.15) is 5.53 Å². The molecule has 0 saturated carbocycles. The van der Waals surface area contributed by atoms with E-state index in [1.807, 2.05) is 18.2 Å². The van der Waals surface area contributed by atoms with E-state index in [0.29, 0.717) is 0 Å². The van der Waals surface area contributed by atoms with Crippen molar-refractivity contribution in [2.45, 2.75) is 19.0 Å². The van der Waals surface area contributed by atoms with E-state index in [1.165, 1.54) is 5.56 Å². The van der Waals surface area contributed by atoms with Crippen molar-refractivity contribution < 1.29 is 0 Å². The first-order valence-electron chi connectivity index (χ1n) is 4.33. The van der Waals surface area contributed by atoms with Crippen LogP contribution in [0.25, 0.3) is 0 Å². The van der Waals surface area contributed by atoms with Crippen molar-refractivity contribution in [1.82, 2.24) is 11.0 Å². The number of nitrogens with one attached hydrogen (secondary N) is 2. The normalized spacial score (nSPS) is 12.8. The third-order valence-electron chi connectivity index (χ3n) is 1.86. The third-order valence-corrected chi connectivity index (χ3v) is 1.86. The Bertz CT molecular complexity index is 224. The molecule has 0 bridgehead atoms. The Morgan fingerprint density at radius 1 is 1.23 bits per heavy atom. The molecule has 0 heterocycles. The number of aryl methyl sites for hydroxylation is 1. The molecule has 0 amide bonds. The fourth-order valence-electron chi connectivity index (χ4n) is 1.15. The molecule has 72 valence electrons. The Morgan fingerprint density at radius 2 is 1.92 bits per heavy atom. The van der Waals surface area contributed by atoms with Crippen LogP contribution < -0.4 is 22.5 Å². The zero-order valence-corrected chi connectivity index (χ0v) is 7.53. The zero-order chi connectivity index (χ0) is 9.52. The van der Waals surface area contributed by atoms with E-state index in [2.05, 4.69) is 23.1 Å². The van der Waals surface area contributed by atoms with Crippen LogP contribution in [-0.4, -0.2) is 6.17 Å². The molecule has 6 N–H and O–H groups in total. The Hall–Kier alpha value is -0.940. The van der Waals surface area contributed by atoms with Crippen molar-refractivity contribution in [1.29, 1.82) is 0 Å². The average Bonchev–Trinajstić information content (AvgIpc) is 2.17. The summed E-state index contributed by atoms with van der Waals surface area (Å²) in [4.78, 5) is 0. The molecule has 1 unspecified atom stereocenters. The minimum absolute atomic E-state index is 0.106. The third kappa shape index (κ3) is 4.00. The molecule has 1 aromatic rings. The van der Waals surface area contributed by atoms with Gasteiger partial charge < -0.3 is 5.73 Å². The molecule has 0 radical (unpaired) electrons. The van der Waals surface area contributed by atoms with E-state index >= 15 is 0 Å². The van der Waals surface area contributed by atoms with Crippen molar-refractivity contribution in [3.8, 4) is 0 Å². The van der Waals surface area contributed by atoms with Crippen molar-refractivity contribution in [3.63, 3.8) is 0 Å². The molecule has 0 fully saturated rings. The SMILES string of the molecule is NNNC(N)CCc1ccccc1. The second-order valence-corrected chi connectivity index (χ2v) is 2.92. The van der Waals surface area contributed by atoms with E-state index in [4.69, 9.17) is 11.6 Å². The largest absolute Gasteiger partial charge is 0.315 e. The standard InChI is InChI=1S/C9H16N4/c10-9(12-13-11)7-6-8-4-2-1-3-5-8/h1-5,9,12-13H,6-7,10-11H2. The van der Waals surface area contributed by atoms with Crippen LogP contribution >= 0.6 is 0 Å². The summed E-state index contributed by atoms with van der Waals surface area (Å²) in [5, 5.41) is 0. The maximum atomic E-state index is 5.68. The Morgan fingerprint density at radius 3 is 2.54 bits per heavy atom. The second-order valence-electron chi connectivity index (χ2n) is 2.92. The minimum atomic E-state index is -0.106. The molecule has 4 heteroatoms. The fourth-order valence-corrected chi connectivity index (χ4v) is 1.15. The van der Waals surface area contributed by atoms with E-state index in [9.17, 15) is 0 Å². The lowest BCUT2D eigenvalue weighted by molar-refractivity contribution is 0.425. The van der Waals surface area contributed by atoms with Gasteiger partial charge >= 0.3 is 0 Å². The van der Waals surface area contributed by atoms with Crippen molar-refractivity contribution in [2.24, 2.45) is 11.6 Å². The maximum absolute atomic E-state index is 5.68. The van der Waals surface area contributed by atoms with Gasteiger partial charge in [-0.15, -0.1) is 0 Å². The monoisotopic (exact) mass is 180 g/mol. The second kappa shape index (κ2) is 5.66. The topological polar surface area (TPSA) is 76.1 Å². The molecule has 1 atom stereocenters. The van der Waals surface area contributed by atoms with E-state index < -0.39 is 0 Å². The summed E-state index contributed by atoms with van der Waals surface area (Å²) in [6.07, 6.45) is 1.70. The molecule has 0 aliphatic rings. The lowest BCUT2D eigenvalue weighted by atomic mass is 10.1. The number of benzene rings is 1. The molecule has 1 rings (SSSR count). The molecule has 0 aliphatic carbocycles. The summed E-state index contributed by atoms with van der Waals surface area (Å²) in [5.41, 5.74) is 12.0. The molecule has 0 saturated heterocycles. The van der Waals surface area contributed by atoms with Gasteiger partial charge in [-0.25, -0.2) is 5.43 Å². The predicted molar refractivity (Wildman–Crippen MR) is 53.2 cm³/mol. The summed E-state index contributed by atoms with van der Waals surface area (Å²) >= 11 is 0. The van der Waals surface area contributed by atoms with Crippen LogP contribution in [0.4, 0.5) is 0 Å². The summed E-state index contributed by atoms with van der Waals surface area (Å²) < 4.78 is 0. The Labute approximate surface area is 78.2 Å². The highest BCUT2D eigenvalue weighted by Gasteiger charge is 1.99. The van der Waals surface area contributed by atoms with Crippen LogP contribution in [0.5, 0.6) is 0 Å². The molecule has 4 nitrogen and oxygen atoms in total. The minimum Gasteiger partial charge on any atom is -0.315 e. The first-order valence-corrected chi connectivity index (χ1v) is 4.33. The van der Waals surface area contributed by atoms with Crippen molar-refractivity contribution in [3.05, 3.63) is 35.9 Å². The molecule has 0 aromatic heterocycles. The Balaban J connectivity index is 2.27. The molecule has 0 spiro atoms. The van der Waals surface area contributed by atoms with Crippen molar-refractivity contribution in [2.75, 3.05) is 0 Å². The number of hydrogen-bond donors (Lipinski definition) is 4. The van der Waals surface area contributed by atoms with Crippen LogP contribution in [0.15, 0.2) is 30.3 Å². The van der Waals surface area contributed by atoms with Crippen LogP contribution in [0, 0.1) is 0 Å². The van der Waals surface area contributed by atoms with Gasteiger partial charge in [0.25, 0.3) is 0 Å². The molecule has 13 heavy (non-hydrogen) atoms. The highest BCUT2D eigenvalue weighted by Crippen LogP contribution is 2.02. The summed E-state index contributed by atoms with van der Waals surface area (Å²) in [7, 11) is 0. The van der Waals surface area contributed by atoms with E-state index in [-0.39, 0.29) is 6.17 Å². The van der Waals surface area contributed by atoms with E-state index in [0.717, 1.165) is 12.8 Å². The molecular formula is C9H16N4. The first-order chi connectivity index (χ1) is 6.33. The van der Waals surface area contributed by atoms with Gasteiger partial charge in [-0.3, -0.25) is 5.84 Å². The smallest absolute Gasteiger partial charge is 0.0695 e. The number of hydrazine groups is 2. The van der Waals surface area contributed by atoms with Crippen molar-refractivity contribution >= 4 is 0 Å². The van der Waals surface area contributed by atoms with Crippen LogP contribution in [0.3, 0.4) is 0 Å². The van der Waals surface area contributed by atoms with Gasteiger partial charge in [-0.05, 0) is 18.4 Å². The number of hydrogen-bond acceptors (Lipinski definition) is 4. The Kier molecular flexibility index (Phi) is 4.42. The van der Waals surface area contributed by atoms with Crippen LogP contribution in [-0.2, 0) is 6.42 Å². The highest BCUT2D eigenvalue weighted by molar-refractivity contribution is 5.14. The predicted octanol–water partition coefficient (Wildman–Crippen LogP) is -0.128. The molecule has 0 aliphatic heterocycles. The highest BCUT2D eigenvalue weighted by atomic mass is 15.5. The van der Waals surface area contributed by atoms with Crippen LogP contribution in [0.2, 0.25) is 0 Å². The van der Waals surface area contributed by atoms with Gasteiger partial charge in [0.2, 0.25) is 0 Å². The maximum Gasteiger partial charge on any atom is 0.0695 e. The van der Waals surface area contributed by atoms with Gasteiger partial charge in [0.05, 0.1) is 6.17 Å². The first kappa shape index (κ1) is 10.1. The quantitative estimate of drug-likeness (QED) is 0.289. The summed E-state index contributed by atoms with van der Waals surface area (Å²) in [6, 6.07) is 10.2. The zero-order valence-electron chi connectivity index (χ0n) is 7.53. The summed E-state index contributed by atoms with van der Waals surface area (Å²) in [6.45, 7) is 0. The lowest BCUT2D eigenvalue weighted by Gasteiger charge is -2.11. The molecule has 1 aromatic carbocycles. The van der Waals surface area contributed by atoms with Gasteiger partial charge in [-0.1, -0.05) is 30.3 Å². The van der Waals surface area contributed by atoms with Gasteiger partial charge in [0.1, 0.15) is 0 Å². The van der Waals surface area contributed by atoms with Gasteiger partial charge in [0.15, 0.2) is 0 Å². The average molecular weight is 180 g/mol. The number of nitrogens with two attached hydrogens (primary N) is 2. The van der Waals surface area contributed by atoms with Crippen LogP contribution in [0.1, 0.15) is 12.0 Å². The lowest BCUT2D eigenvalue weighted by Crippen LogP contribution is -2.49. The fraction of sp³-hybridized carbons (Fsp3) is 0.333. The van der Waals surface area contributed by atoms with Gasteiger partial charge in [0, 0.05) is 0 Å². The summed E-state index contributed by atoms with van der Waals surface area (Å²) in [5.74, 6) is 5.06. The molecular weight excluding hydrogens is 164 g/mol. The number of rotatable bonds is 5. The van der Waals surface area contributed by atoms with E-state index in [1.54, 1.807) is 0 Å².